The summed E-state index contributed by atoms with van der Waals surface area (Å²) < 4.78 is 0. The average Bonchev–Trinajstić information content (AvgIpc) is 2.34. The maximum absolute atomic E-state index is 12.0. The van der Waals surface area contributed by atoms with Gasteiger partial charge in [-0.2, -0.15) is 0 Å². The second-order valence-electron chi connectivity index (χ2n) is 5.49. The Morgan fingerprint density at radius 1 is 1.33 bits per heavy atom. The third-order valence-corrected chi connectivity index (χ3v) is 3.13. The van der Waals surface area contributed by atoms with Crippen LogP contribution in [-0.2, 0) is 0 Å². The number of hydrogen-bond donors (Lipinski definition) is 2. The third kappa shape index (κ3) is 4.49. The van der Waals surface area contributed by atoms with Crippen molar-refractivity contribution in [2.45, 2.75) is 33.6 Å². The van der Waals surface area contributed by atoms with Gasteiger partial charge in [0.15, 0.2) is 0 Å². The largest absolute Gasteiger partial charge is 0.396 e. The zero-order valence-corrected chi connectivity index (χ0v) is 11.5. The highest BCUT2D eigenvalue weighted by atomic mass is 16.2. The number of amides is 1. The summed E-state index contributed by atoms with van der Waals surface area (Å²) in [5, 5.41) is 11.8. The zero-order valence-electron chi connectivity index (χ0n) is 11.5. The molecule has 0 bridgehead atoms. The first kappa shape index (κ1) is 14.7. The molecule has 0 unspecified atom stereocenters. The van der Waals surface area contributed by atoms with E-state index in [2.05, 4.69) is 19.2 Å². The topological polar surface area (TPSA) is 49.3 Å². The van der Waals surface area contributed by atoms with Gasteiger partial charge in [-0.25, -0.2) is 0 Å². The maximum atomic E-state index is 12.0. The van der Waals surface area contributed by atoms with Crippen molar-refractivity contribution in [1.29, 1.82) is 0 Å². The second kappa shape index (κ2) is 6.55. The lowest BCUT2D eigenvalue weighted by atomic mass is 9.88. The monoisotopic (exact) mass is 249 g/mol. The van der Waals surface area contributed by atoms with Crippen LogP contribution in [0.5, 0.6) is 0 Å². The van der Waals surface area contributed by atoms with Gasteiger partial charge in [0.1, 0.15) is 0 Å². The van der Waals surface area contributed by atoms with Gasteiger partial charge in [0.05, 0.1) is 0 Å². The minimum Gasteiger partial charge on any atom is -0.396 e. The lowest BCUT2D eigenvalue weighted by Crippen LogP contribution is -2.34. The molecule has 0 spiro atoms. The first-order chi connectivity index (χ1) is 8.46. The van der Waals surface area contributed by atoms with E-state index in [9.17, 15) is 4.79 Å². The number of nitrogens with one attached hydrogen (secondary N) is 1. The van der Waals surface area contributed by atoms with E-state index in [1.54, 1.807) is 0 Å². The van der Waals surface area contributed by atoms with Crippen LogP contribution in [0.1, 0.15) is 42.6 Å². The van der Waals surface area contributed by atoms with Crippen molar-refractivity contribution in [2.75, 3.05) is 13.2 Å². The maximum Gasteiger partial charge on any atom is 0.251 e. The minimum atomic E-state index is -0.0230. The molecular weight excluding hydrogens is 226 g/mol. The molecule has 2 N–H and O–H groups in total. The van der Waals surface area contributed by atoms with Crippen molar-refractivity contribution in [3.05, 3.63) is 35.4 Å². The van der Waals surface area contributed by atoms with Gasteiger partial charge in [-0.15, -0.1) is 0 Å². The Labute approximate surface area is 109 Å². The molecule has 0 heterocycles. The van der Waals surface area contributed by atoms with Gasteiger partial charge in [-0.3, -0.25) is 4.79 Å². The van der Waals surface area contributed by atoms with E-state index in [1.807, 2.05) is 31.2 Å². The predicted octanol–water partition coefficient (Wildman–Crippen LogP) is 2.52. The average molecular weight is 249 g/mol. The summed E-state index contributed by atoms with van der Waals surface area (Å²) in [5.41, 5.74) is 1.74. The molecule has 0 aliphatic rings. The fourth-order valence-electron chi connectivity index (χ4n) is 1.89. The van der Waals surface area contributed by atoms with Crippen LogP contribution in [0.2, 0.25) is 0 Å². The van der Waals surface area contributed by atoms with Gasteiger partial charge in [0.25, 0.3) is 5.91 Å². The highest BCUT2D eigenvalue weighted by Crippen LogP contribution is 2.21. The second-order valence-corrected chi connectivity index (χ2v) is 5.49. The van der Waals surface area contributed by atoms with E-state index < -0.39 is 0 Å². The van der Waals surface area contributed by atoms with Crippen LogP contribution in [0.3, 0.4) is 0 Å². The van der Waals surface area contributed by atoms with Crippen LogP contribution in [0.4, 0.5) is 0 Å². The number of carbonyl (C=O) groups excluding carboxylic acids is 1. The molecule has 1 amide bonds. The van der Waals surface area contributed by atoms with Crippen LogP contribution in [-0.4, -0.2) is 24.2 Å². The third-order valence-electron chi connectivity index (χ3n) is 3.13. The quantitative estimate of drug-likeness (QED) is 0.814. The molecule has 100 valence electrons. The van der Waals surface area contributed by atoms with Gasteiger partial charge in [-0.05, 0) is 36.8 Å². The van der Waals surface area contributed by atoms with E-state index in [0.29, 0.717) is 6.54 Å². The van der Waals surface area contributed by atoms with Crippen molar-refractivity contribution in [3.63, 3.8) is 0 Å². The number of hydrogen-bond acceptors (Lipinski definition) is 2. The molecule has 0 radical (unpaired) electrons. The van der Waals surface area contributed by atoms with Crippen LogP contribution >= 0.6 is 0 Å². The Balaban J connectivity index is 2.54. The number of benzene rings is 1. The van der Waals surface area contributed by atoms with E-state index >= 15 is 0 Å². The molecule has 0 aliphatic heterocycles. The fourth-order valence-corrected chi connectivity index (χ4v) is 1.89. The van der Waals surface area contributed by atoms with Crippen LogP contribution in [0.15, 0.2) is 24.3 Å². The van der Waals surface area contributed by atoms with Crippen molar-refractivity contribution in [3.8, 4) is 0 Å². The number of aryl methyl sites for hydroxylation is 1. The lowest BCUT2D eigenvalue weighted by molar-refractivity contribution is 0.0932. The van der Waals surface area contributed by atoms with Crippen LogP contribution < -0.4 is 5.32 Å². The Bertz CT molecular complexity index is 399. The molecule has 0 saturated heterocycles. The zero-order chi connectivity index (χ0) is 13.6. The van der Waals surface area contributed by atoms with Crippen molar-refractivity contribution in [2.24, 2.45) is 5.41 Å². The minimum absolute atomic E-state index is 0.0150. The molecule has 0 saturated carbocycles. The molecular formula is C15H23NO2. The van der Waals surface area contributed by atoms with Gasteiger partial charge in [0, 0.05) is 18.7 Å². The van der Waals surface area contributed by atoms with Gasteiger partial charge >= 0.3 is 0 Å². The Morgan fingerprint density at radius 3 is 2.61 bits per heavy atom. The summed E-state index contributed by atoms with van der Waals surface area (Å²) in [6.07, 6.45) is 1.67. The van der Waals surface area contributed by atoms with Crippen LogP contribution in [0.25, 0.3) is 0 Å². The number of aliphatic hydroxyl groups excluding tert-OH is 1. The molecule has 1 aromatic carbocycles. The lowest BCUT2D eigenvalue weighted by Gasteiger charge is -2.24. The summed E-state index contributed by atoms with van der Waals surface area (Å²) in [6.45, 7) is 6.96. The van der Waals surface area contributed by atoms with Gasteiger partial charge < -0.3 is 10.4 Å². The highest BCUT2D eigenvalue weighted by molar-refractivity contribution is 5.95. The smallest absolute Gasteiger partial charge is 0.251 e. The molecule has 0 aromatic heterocycles. The molecule has 18 heavy (non-hydrogen) atoms. The van der Waals surface area contributed by atoms with Crippen molar-refractivity contribution >= 4 is 5.91 Å². The Kier molecular flexibility index (Phi) is 5.35. The Morgan fingerprint density at radius 2 is 2.00 bits per heavy atom. The van der Waals surface area contributed by atoms with E-state index in [-0.39, 0.29) is 17.9 Å². The SMILES string of the molecule is Cc1ccccc1C(=O)NCC(C)(C)CCCO. The predicted molar refractivity (Wildman–Crippen MR) is 73.6 cm³/mol. The Hall–Kier alpha value is -1.35. The molecule has 1 aromatic rings. The molecule has 0 fully saturated rings. The molecule has 0 atom stereocenters. The molecule has 3 heteroatoms. The van der Waals surface area contributed by atoms with E-state index in [0.717, 1.165) is 24.0 Å². The van der Waals surface area contributed by atoms with E-state index in [4.69, 9.17) is 5.11 Å². The van der Waals surface area contributed by atoms with Crippen molar-refractivity contribution < 1.29 is 9.90 Å². The normalized spacial score (nSPS) is 11.3. The summed E-state index contributed by atoms with van der Waals surface area (Å²) in [7, 11) is 0. The summed E-state index contributed by atoms with van der Waals surface area (Å²) >= 11 is 0. The standard InChI is InChI=1S/C15H23NO2/c1-12-7-4-5-8-13(12)14(18)16-11-15(2,3)9-6-10-17/h4-5,7-8,17H,6,9-11H2,1-3H3,(H,16,18). The van der Waals surface area contributed by atoms with Crippen LogP contribution in [0, 0.1) is 12.3 Å². The first-order valence-corrected chi connectivity index (χ1v) is 6.41. The summed E-state index contributed by atoms with van der Waals surface area (Å²) in [6, 6.07) is 7.58. The number of aliphatic hydroxyl groups is 1. The van der Waals surface area contributed by atoms with Gasteiger partial charge in [0.2, 0.25) is 0 Å². The first-order valence-electron chi connectivity index (χ1n) is 6.41. The highest BCUT2D eigenvalue weighted by Gasteiger charge is 2.19. The molecule has 1 rings (SSSR count). The van der Waals surface area contributed by atoms with Gasteiger partial charge in [-0.1, -0.05) is 32.0 Å². The number of rotatable bonds is 6. The number of carbonyl (C=O) groups is 1. The molecule has 3 nitrogen and oxygen atoms in total. The summed E-state index contributed by atoms with van der Waals surface area (Å²) in [4.78, 5) is 12.0. The fraction of sp³-hybridized carbons (Fsp3) is 0.533. The summed E-state index contributed by atoms with van der Waals surface area (Å²) in [5.74, 6) is -0.0230. The molecule has 0 aliphatic carbocycles. The van der Waals surface area contributed by atoms with E-state index in [1.165, 1.54) is 0 Å². The van der Waals surface area contributed by atoms with Crippen molar-refractivity contribution in [1.82, 2.24) is 5.32 Å².